The summed E-state index contributed by atoms with van der Waals surface area (Å²) >= 11 is 0. The Hall–Kier alpha value is -3.28. The maximum Gasteiger partial charge on any atom is 0.341 e. The highest BCUT2D eigenvalue weighted by Gasteiger charge is 2.20. The Morgan fingerprint density at radius 3 is 2.41 bits per heavy atom. The third kappa shape index (κ3) is 1.61. The molecule has 2 aliphatic rings. The number of imidazole rings is 1. The zero-order chi connectivity index (χ0) is 15.3. The molecule has 0 saturated carbocycles. The van der Waals surface area contributed by atoms with Crippen molar-refractivity contribution in [1.29, 1.82) is 0 Å². The zero-order valence-electron chi connectivity index (χ0n) is 11.4. The lowest BCUT2D eigenvalue weighted by Crippen LogP contribution is -2.24. The number of para-hydroxylation sites is 2. The first-order chi connectivity index (χ1) is 10.7. The summed E-state index contributed by atoms with van der Waals surface area (Å²) in [5, 5.41) is 9.35. The summed E-state index contributed by atoms with van der Waals surface area (Å²) in [6.45, 7) is 0. The monoisotopic (exact) mass is 293 g/mol. The fourth-order valence-corrected chi connectivity index (χ4v) is 2.63. The number of hydrogen-bond donors (Lipinski definition) is 2. The molecular weight excluding hydrogens is 282 g/mol. The molecule has 0 radical (unpaired) electrons. The molecule has 2 heterocycles. The second-order valence-corrected chi connectivity index (χ2v) is 4.97. The van der Waals surface area contributed by atoms with E-state index in [9.17, 15) is 14.7 Å². The first kappa shape index (κ1) is 12.5. The van der Waals surface area contributed by atoms with E-state index >= 15 is 0 Å². The van der Waals surface area contributed by atoms with E-state index in [0.717, 1.165) is 10.1 Å². The quantitative estimate of drug-likeness (QED) is 0.559. The average molecular weight is 293 g/mol. The smallest absolute Gasteiger partial charge is 0.341 e. The number of nitrogens with zero attached hydrogens (tertiary/aromatic N) is 2. The van der Waals surface area contributed by atoms with Gasteiger partial charge in [0.05, 0.1) is 16.7 Å². The lowest BCUT2D eigenvalue weighted by Gasteiger charge is -2.05. The second-order valence-electron chi connectivity index (χ2n) is 4.97. The largest absolute Gasteiger partial charge is 0.508 e. The molecule has 0 aliphatic carbocycles. The molecule has 2 aliphatic heterocycles. The summed E-state index contributed by atoms with van der Waals surface area (Å²) in [7, 11) is 0. The number of aromatic amines is 1. The van der Waals surface area contributed by atoms with Gasteiger partial charge in [0.25, 0.3) is 5.56 Å². The summed E-state index contributed by atoms with van der Waals surface area (Å²) in [6.07, 6.45) is 1.53. The SMILES string of the molecule is O=c1c2c[nH]c3ccccc3n-2c(=O)n1-c1ccc(O)cc1. The molecule has 108 valence electrons. The van der Waals surface area contributed by atoms with E-state index in [1.165, 1.54) is 35.0 Å². The Balaban J connectivity index is 2.15. The van der Waals surface area contributed by atoms with Gasteiger partial charge < -0.3 is 10.1 Å². The Kier molecular flexibility index (Phi) is 2.47. The standard InChI is InChI=1S/C16H11N3O3/c20-11-7-5-10(6-8-11)18-15(21)14-9-17-12-3-1-2-4-13(12)19(14)16(18)22/h1-9,17,20H. The van der Waals surface area contributed by atoms with Crippen molar-refractivity contribution in [3.63, 3.8) is 0 Å². The van der Waals surface area contributed by atoms with E-state index in [4.69, 9.17) is 0 Å². The van der Waals surface area contributed by atoms with E-state index in [1.807, 2.05) is 18.2 Å². The number of aromatic hydroxyl groups is 1. The molecule has 0 spiro atoms. The van der Waals surface area contributed by atoms with E-state index in [-0.39, 0.29) is 11.4 Å². The molecule has 6 heteroatoms. The van der Waals surface area contributed by atoms with Crippen LogP contribution in [0.15, 0.2) is 64.3 Å². The van der Waals surface area contributed by atoms with Crippen LogP contribution in [0.1, 0.15) is 0 Å². The summed E-state index contributed by atoms with van der Waals surface area (Å²) in [6, 6.07) is 13.2. The number of hydrogen-bond acceptors (Lipinski definition) is 3. The molecule has 6 nitrogen and oxygen atoms in total. The first-order valence-corrected chi connectivity index (χ1v) is 6.70. The number of rotatable bonds is 1. The molecule has 0 saturated heterocycles. The Morgan fingerprint density at radius 2 is 1.64 bits per heavy atom. The van der Waals surface area contributed by atoms with Gasteiger partial charge in [-0.3, -0.25) is 9.36 Å². The molecular formula is C16H11N3O3. The molecule has 0 fully saturated rings. The van der Waals surface area contributed by atoms with Crippen molar-refractivity contribution < 1.29 is 5.11 Å². The van der Waals surface area contributed by atoms with Gasteiger partial charge in [-0.15, -0.1) is 0 Å². The Labute approximate surface area is 123 Å². The molecule has 4 rings (SSSR count). The summed E-state index contributed by atoms with van der Waals surface area (Å²) in [5.74, 6) is 0.0757. The number of benzene rings is 2. The molecule has 2 aromatic rings. The van der Waals surface area contributed by atoms with Crippen LogP contribution >= 0.6 is 0 Å². The van der Waals surface area contributed by atoms with Crippen LogP contribution < -0.4 is 11.2 Å². The minimum absolute atomic E-state index is 0.0757. The van der Waals surface area contributed by atoms with Gasteiger partial charge in [0.15, 0.2) is 0 Å². The molecule has 0 atom stereocenters. The molecule has 0 unspecified atom stereocenters. The normalized spacial score (nSPS) is 11.3. The van der Waals surface area contributed by atoms with Crippen LogP contribution in [0.25, 0.3) is 22.4 Å². The molecule has 2 aromatic carbocycles. The van der Waals surface area contributed by atoms with Gasteiger partial charge in [-0.2, -0.15) is 0 Å². The highest BCUT2D eigenvalue weighted by atomic mass is 16.3. The van der Waals surface area contributed by atoms with Crippen LogP contribution in [0.4, 0.5) is 0 Å². The van der Waals surface area contributed by atoms with Gasteiger partial charge in [-0.05, 0) is 36.4 Å². The number of phenolic OH excluding ortho intramolecular Hbond substituents is 1. The lowest BCUT2D eigenvalue weighted by atomic mass is 10.3. The van der Waals surface area contributed by atoms with Crippen LogP contribution in [0.2, 0.25) is 0 Å². The van der Waals surface area contributed by atoms with Gasteiger partial charge in [-0.1, -0.05) is 12.1 Å². The van der Waals surface area contributed by atoms with Gasteiger partial charge >= 0.3 is 5.69 Å². The van der Waals surface area contributed by atoms with Crippen LogP contribution in [0.5, 0.6) is 5.75 Å². The third-order valence-electron chi connectivity index (χ3n) is 3.66. The van der Waals surface area contributed by atoms with Crippen LogP contribution in [-0.2, 0) is 0 Å². The lowest BCUT2D eigenvalue weighted by molar-refractivity contribution is 0.475. The molecule has 22 heavy (non-hydrogen) atoms. The highest BCUT2D eigenvalue weighted by molar-refractivity contribution is 5.77. The van der Waals surface area contributed by atoms with Crippen molar-refractivity contribution in [3.8, 4) is 17.1 Å². The predicted molar refractivity (Wildman–Crippen MR) is 82.3 cm³/mol. The molecule has 0 amide bonds. The summed E-state index contributed by atoms with van der Waals surface area (Å²) in [5.41, 5.74) is 1.26. The van der Waals surface area contributed by atoms with Crippen molar-refractivity contribution in [2.45, 2.75) is 0 Å². The van der Waals surface area contributed by atoms with E-state index < -0.39 is 11.2 Å². The van der Waals surface area contributed by atoms with E-state index in [0.29, 0.717) is 11.2 Å². The van der Waals surface area contributed by atoms with Crippen molar-refractivity contribution >= 4 is 11.0 Å². The topological polar surface area (TPSA) is 80.0 Å². The van der Waals surface area contributed by atoms with Gasteiger partial charge in [-0.25, -0.2) is 9.36 Å². The number of nitrogens with one attached hydrogen (secondary N) is 1. The van der Waals surface area contributed by atoms with Gasteiger partial charge in [0.1, 0.15) is 11.4 Å². The van der Waals surface area contributed by atoms with Crippen molar-refractivity contribution in [2.75, 3.05) is 0 Å². The maximum atomic E-state index is 12.7. The third-order valence-corrected chi connectivity index (χ3v) is 3.66. The Bertz CT molecular complexity index is 1070. The fourth-order valence-electron chi connectivity index (χ4n) is 2.63. The number of phenols is 1. The molecule has 0 bridgehead atoms. The van der Waals surface area contributed by atoms with Crippen LogP contribution in [-0.4, -0.2) is 19.2 Å². The Morgan fingerprint density at radius 1 is 0.909 bits per heavy atom. The summed E-state index contributed by atoms with van der Waals surface area (Å²) < 4.78 is 2.48. The number of fused-ring (bicyclic) bond motifs is 3. The van der Waals surface area contributed by atoms with E-state index in [1.54, 1.807) is 6.07 Å². The van der Waals surface area contributed by atoms with E-state index in [2.05, 4.69) is 4.98 Å². The molecule has 2 N–H and O–H groups in total. The predicted octanol–water partition coefficient (Wildman–Crippen LogP) is 1.61. The maximum absolute atomic E-state index is 12.7. The highest BCUT2D eigenvalue weighted by Crippen LogP contribution is 2.16. The second kappa shape index (κ2) is 4.36. The van der Waals surface area contributed by atoms with Crippen molar-refractivity contribution in [1.82, 2.24) is 14.1 Å². The zero-order valence-corrected chi connectivity index (χ0v) is 11.4. The average Bonchev–Trinajstić information content (AvgIpc) is 2.80. The summed E-state index contributed by atoms with van der Waals surface area (Å²) in [4.78, 5) is 28.3. The van der Waals surface area contributed by atoms with Crippen molar-refractivity contribution in [2.24, 2.45) is 0 Å². The number of aromatic nitrogens is 3. The van der Waals surface area contributed by atoms with Crippen LogP contribution in [0.3, 0.4) is 0 Å². The van der Waals surface area contributed by atoms with Crippen LogP contribution in [0, 0.1) is 0 Å². The minimum Gasteiger partial charge on any atom is -0.508 e. The van der Waals surface area contributed by atoms with Crippen molar-refractivity contribution in [3.05, 3.63) is 75.6 Å². The minimum atomic E-state index is -0.434. The van der Waals surface area contributed by atoms with Gasteiger partial charge in [0, 0.05) is 6.20 Å². The fraction of sp³-hybridized carbons (Fsp3) is 0. The molecule has 0 aromatic heterocycles. The first-order valence-electron chi connectivity index (χ1n) is 6.70. The van der Waals surface area contributed by atoms with Gasteiger partial charge in [0.2, 0.25) is 0 Å². The number of H-pyrrole nitrogens is 1.